The first-order valence-corrected chi connectivity index (χ1v) is 49.0. The van der Waals surface area contributed by atoms with Gasteiger partial charge in [0.15, 0.2) is 33.1 Å². The van der Waals surface area contributed by atoms with Crippen LogP contribution in [0.3, 0.4) is 0 Å². The van der Waals surface area contributed by atoms with Crippen molar-refractivity contribution in [3.63, 3.8) is 0 Å². The molecule has 0 radical (unpaired) electrons. The number of hydrogen-bond donors (Lipinski definition) is 0. The molecule has 0 spiro atoms. The molecule has 142 heavy (non-hydrogen) atoms. The van der Waals surface area contributed by atoms with E-state index >= 15 is 0 Å². The van der Waals surface area contributed by atoms with E-state index in [2.05, 4.69) is 475 Å². The van der Waals surface area contributed by atoms with Gasteiger partial charge >= 0.3 is 0 Å². The fourth-order valence-electron chi connectivity index (χ4n) is 24.7. The summed E-state index contributed by atoms with van der Waals surface area (Å²) in [5.74, 6) is 6.63. The van der Waals surface area contributed by atoms with Crippen molar-refractivity contribution in [2.45, 2.75) is 152 Å². The minimum absolute atomic E-state index is 0. The summed E-state index contributed by atoms with van der Waals surface area (Å²) in [4.78, 5) is 15.2. The van der Waals surface area contributed by atoms with Crippen molar-refractivity contribution in [2.75, 3.05) is 0 Å². The average molecular weight is 2200 g/mol. The van der Waals surface area contributed by atoms with Gasteiger partial charge in [0, 0.05) is 32.3 Å². The van der Waals surface area contributed by atoms with Crippen molar-refractivity contribution in [2.24, 2.45) is 63.4 Å². The van der Waals surface area contributed by atoms with Gasteiger partial charge < -0.3 is 85.6 Å². The number of aromatic nitrogens is 12. The molecule has 0 amide bonds. The number of benzene rings is 15. The Bertz CT molecular complexity index is 8830. The summed E-state index contributed by atoms with van der Waals surface area (Å²) in [6, 6.07) is 82.3. The van der Waals surface area contributed by atoms with Gasteiger partial charge in [0.1, 0.15) is 17.5 Å². The fourth-order valence-corrected chi connectivity index (χ4v) is 24.7. The third kappa shape index (κ3) is 16.5. The normalized spacial score (nSPS) is 11.6. The summed E-state index contributed by atoms with van der Waals surface area (Å²) in [5.41, 5.74) is 67.0. The highest BCUT2D eigenvalue weighted by molar-refractivity contribution is 5.96. The molecule has 0 saturated heterocycles. The molecule has 0 aliphatic heterocycles. The molecule has 15 aromatic carbocycles. The zero-order chi connectivity index (χ0) is 98.4. The van der Waals surface area contributed by atoms with Gasteiger partial charge in [-0.05, 0) is 443 Å². The van der Waals surface area contributed by atoms with Crippen molar-refractivity contribution >= 4 is 66.2 Å². The molecular formula is C127H129I3N12. The molecule has 12 nitrogen and oxygen atoms in total. The van der Waals surface area contributed by atoms with E-state index in [4.69, 9.17) is 15.0 Å². The second-order valence-corrected chi connectivity index (χ2v) is 40.6. The third-order valence-electron chi connectivity index (χ3n) is 31.6. The fraction of sp³-hybridized carbons (Fsp3) is 0.244. The maximum atomic E-state index is 5.26. The Balaban J connectivity index is 0.000000203. The summed E-state index contributed by atoms with van der Waals surface area (Å²) < 4.78 is 20.9. The lowest BCUT2D eigenvalue weighted by molar-refractivity contribution is -0.634. The molecule has 718 valence electrons. The third-order valence-corrected chi connectivity index (χ3v) is 31.6. The second-order valence-electron chi connectivity index (χ2n) is 40.6. The Morgan fingerprint density at radius 3 is 0.873 bits per heavy atom. The highest BCUT2D eigenvalue weighted by Crippen LogP contribution is 2.48. The summed E-state index contributed by atoms with van der Waals surface area (Å²) in [6.45, 7) is 49.3. The van der Waals surface area contributed by atoms with E-state index in [1.54, 1.807) is 0 Å². The highest BCUT2D eigenvalue weighted by atomic mass is 127. The molecule has 0 bridgehead atoms. The van der Waals surface area contributed by atoms with Crippen LogP contribution in [-0.2, 0) is 63.4 Å². The van der Waals surface area contributed by atoms with Gasteiger partial charge in [-0.1, -0.05) is 133 Å². The van der Waals surface area contributed by atoms with Gasteiger partial charge in [-0.3, -0.25) is 0 Å². The maximum absolute atomic E-state index is 5.26. The number of fused-ring (bicyclic) bond motifs is 6. The van der Waals surface area contributed by atoms with Crippen LogP contribution in [0.4, 0.5) is 0 Å². The van der Waals surface area contributed by atoms with E-state index in [0.717, 1.165) is 61.7 Å². The maximum Gasteiger partial charge on any atom is 0.289 e. The van der Waals surface area contributed by atoms with Crippen LogP contribution in [-0.4, -0.2) is 42.4 Å². The van der Waals surface area contributed by atoms with Crippen molar-refractivity contribution in [3.8, 4) is 146 Å². The number of imidazole rings is 6. The highest BCUT2D eigenvalue weighted by Gasteiger charge is 2.34. The van der Waals surface area contributed by atoms with E-state index in [1.807, 2.05) is 0 Å². The van der Waals surface area contributed by atoms with E-state index < -0.39 is 0 Å². The Labute approximate surface area is 889 Å². The molecule has 6 heterocycles. The average Bonchev–Trinajstić information content (AvgIpc) is 1.56. The first-order valence-electron chi connectivity index (χ1n) is 49.0. The number of halogens is 3. The quantitative estimate of drug-likeness (QED) is 0.0852. The first-order chi connectivity index (χ1) is 66.3. The van der Waals surface area contributed by atoms with E-state index in [-0.39, 0.29) is 71.9 Å². The summed E-state index contributed by atoms with van der Waals surface area (Å²) in [5, 5.41) is 0. The zero-order valence-electron chi connectivity index (χ0n) is 88.3. The van der Waals surface area contributed by atoms with Gasteiger partial charge in [0.2, 0.25) is 0 Å². The Kier molecular flexibility index (Phi) is 27.1. The predicted octanol–water partition coefficient (Wildman–Crippen LogP) is 20.5. The monoisotopic (exact) mass is 2200 g/mol. The first kappa shape index (κ1) is 101. The lowest BCUT2D eigenvalue weighted by Crippen LogP contribution is -3.00. The molecule has 21 aromatic rings. The van der Waals surface area contributed by atoms with Crippen LogP contribution >= 0.6 is 0 Å². The minimum Gasteiger partial charge on any atom is -1.00 e. The Morgan fingerprint density at radius 2 is 0.458 bits per heavy atom. The molecule has 0 atom stereocenters. The van der Waals surface area contributed by atoms with Crippen LogP contribution in [0.15, 0.2) is 218 Å². The molecule has 21 rings (SSSR count). The second kappa shape index (κ2) is 38.2. The molecular weight excluding hydrogens is 2070 g/mol. The van der Waals surface area contributed by atoms with Crippen LogP contribution in [0, 0.1) is 152 Å². The molecule has 6 aromatic heterocycles. The predicted molar refractivity (Wildman–Crippen MR) is 584 cm³/mol. The number of nitrogens with zero attached hydrogens (tertiary/aromatic N) is 12. The molecule has 0 unspecified atom stereocenters. The topological polar surface area (TPSA) is 79.9 Å². The number of rotatable bonds is 13. The summed E-state index contributed by atoms with van der Waals surface area (Å²) in [6.07, 6.45) is 0. The van der Waals surface area contributed by atoms with E-state index in [9.17, 15) is 0 Å². The molecule has 15 heteroatoms. The van der Waals surface area contributed by atoms with Crippen molar-refractivity contribution in [1.82, 2.24) is 42.4 Å². The zero-order valence-corrected chi connectivity index (χ0v) is 94.8. The van der Waals surface area contributed by atoms with Crippen LogP contribution in [0.25, 0.3) is 212 Å². The van der Waals surface area contributed by atoms with E-state index in [1.165, 1.54) is 273 Å². The van der Waals surface area contributed by atoms with Crippen molar-refractivity contribution in [3.05, 3.63) is 341 Å². The van der Waals surface area contributed by atoms with Gasteiger partial charge in [0.25, 0.3) is 17.5 Å². The standard InChI is InChI=1S/C76H78N6.C51H51N6.3HI/c1-41-20-31-61-64(34-41)78(15)74(77-61)71-47(7)36-44(4)68(52(71)12)56-25-27-58(28-26-56)70-46(6)38-49(9)73(54(70)14)76-80(17)63-33-30-60(40-66(63)82(76)19)59-29-32-62-65(39-59)81(18)75(79(62)16)72-48(8)37-45(5)69(53(72)13)57-23-21-55(22-24-57)67-43(3)35-42(2)50(10)51(67)11;1-28-13-21-43-45(23-28)57(12)51(56(43)11)49-32(5)25-30(3)47(34(49)7)37-16-14-36(15-17-37)46-29(2)24-31(4)48(33(46)6)50-53-40-20-18-39(27-44(40)55(50)10)38-19-22-42-41(26-38)52-35(8)54(42)9;;;/h20-40H,1-19H3;13-27H,1-12H3;3*1H/q+2;+1;;;/p-3. The number of aryl methyl sites for hydroxylation is 24. The SMILES string of the molecule is Cc1ccc2c(c1)[n+](C)c(-c1c(C)cc(C)c(-c3ccc(-c4c(C)cc(C)c(-c5nc6ccc(-c7ccc8c(c7)nc(C)n8C)cc6n5C)c4C)cc3)c1C)n2C.Cc1ccc2nc(-c3c(C)cc(C)c(-c4ccc(-c5c(C)cc(C)c(-c6n(C)c7ccc(-c8ccc9c(c8)n(C)c(-c8c(C)cc(C)c(-c%10ccc(-c%11c(C)cc(C)c(C)c%11C)cc%10)c8C)[n+]9C)cc7[n+]6C)c5C)cc4)c3C)n(C)c2c1.[I-].[I-].[I-]. The van der Waals surface area contributed by atoms with Crippen LogP contribution in [0.2, 0.25) is 0 Å². The van der Waals surface area contributed by atoms with E-state index in [0.29, 0.717) is 0 Å². The van der Waals surface area contributed by atoms with Gasteiger partial charge in [-0.2, -0.15) is 0 Å². The van der Waals surface area contributed by atoms with Crippen LogP contribution < -0.4 is 85.6 Å². The van der Waals surface area contributed by atoms with Crippen molar-refractivity contribution < 1.29 is 85.6 Å². The summed E-state index contributed by atoms with van der Waals surface area (Å²) >= 11 is 0. The summed E-state index contributed by atoms with van der Waals surface area (Å²) in [7, 11) is 19.7. The molecule has 0 aliphatic rings. The Hall–Kier alpha value is -12.7. The minimum atomic E-state index is 0. The number of hydrogen-bond acceptors (Lipinski definition) is 3. The van der Waals surface area contributed by atoms with Crippen molar-refractivity contribution in [1.29, 1.82) is 0 Å². The largest absolute Gasteiger partial charge is 1.00 e. The van der Waals surface area contributed by atoms with Crippen LogP contribution in [0.1, 0.15) is 123 Å². The lowest BCUT2D eigenvalue weighted by Gasteiger charge is -2.19. The van der Waals surface area contributed by atoms with Gasteiger partial charge in [-0.25, -0.2) is 42.4 Å². The van der Waals surface area contributed by atoms with Gasteiger partial charge in [0.05, 0.1) is 92.1 Å². The Morgan fingerprint density at radius 1 is 0.183 bits per heavy atom. The van der Waals surface area contributed by atoms with Gasteiger partial charge in [-0.15, -0.1) is 0 Å². The molecule has 0 fully saturated rings. The molecule has 0 N–H and O–H groups in total. The molecule has 0 saturated carbocycles. The lowest BCUT2D eigenvalue weighted by atomic mass is 9.86. The smallest absolute Gasteiger partial charge is 0.289 e. The van der Waals surface area contributed by atoms with Crippen LogP contribution in [0.5, 0.6) is 0 Å². The molecule has 0 aliphatic carbocycles.